The second-order valence-electron chi connectivity index (χ2n) is 8.43. The Balaban J connectivity index is 1.82. The molecule has 0 spiro atoms. The molecule has 138 valence electrons. The molecule has 6 nitrogen and oxygen atoms in total. The fourth-order valence-electron chi connectivity index (χ4n) is 3.71. The van der Waals surface area contributed by atoms with Crippen molar-refractivity contribution < 1.29 is 9.53 Å². The quantitative estimate of drug-likeness (QED) is 0.907. The van der Waals surface area contributed by atoms with Gasteiger partial charge < -0.3 is 15.0 Å². The second kappa shape index (κ2) is 7.28. The minimum Gasteiger partial charge on any atom is -0.378 e. The van der Waals surface area contributed by atoms with Crippen LogP contribution in [0.2, 0.25) is 0 Å². The van der Waals surface area contributed by atoms with Crippen LogP contribution < -0.4 is 10.2 Å². The summed E-state index contributed by atoms with van der Waals surface area (Å²) in [5, 5.41) is 3.21. The van der Waals surface area contributed by atoms with Crippen LogP contribution in [0, 0.1) is 11.3 Å². The zero-order valence-corrected chi connectivity index (χ0v) is 15.8. The molecule has 0 aromatic carbocycles. The number of nitrogens with zero attached hydrogens (tertiary/aromatic N) is 3. The highest BCUT2D eigenvalue weighted by molar-refractivity contribution is 5.76. The molecule has 1 N–H and O–H groups in total. The van der Waals surface area contributed by atoms with E-state index in [9.17, 15) is 4.79 Å². The molecular weight excluding hydrogens is 316 g/mol. The van der Waals surface area contributed by atoms with Crippen molar-refractivity contribution in [3.63, 3.8) is 0 Å². The molecular formula is C19H30N4O2. The maximum Gasteiger partial charge on any atom is 0.225 e. The van der Waals surface area contributed by atoms with E-state index in [1.165, 1.54) is 0 Å². The van der Waals surface area contributed by atoms with Gasteiger partial charge in [0.15, 0.2) is 0 Å². The SMILES string of the molecule is CC(C)CC(=O)N[C@@H]1CC(C)(C)Cc2nc(N3CCOCC3)ncc21. The molecule has 1 aliphatic heterocycles. The van der Waals surface area contributed by atoms with E-state index in [2.05, 4.69) is 42.9 Å². The van der Waals surface area contributed by atoms with Crippen molar-refractivity contribution in [2.45, 2.75) is 53.0 Å². The van der Waals surface area contributed by atoms with Gasteiger partial charge >= 0.3 is 0 Å². The number of morpholine rings is 1. The second-order valence-corrected chi connectivity index (χ2v) is 8.43. The molecule has 0 unspecified atom stereocenters. The van der Waals surface area contributed by atoms with Crippen LogP contribution in [-0.2, 0) is 16.0 Å². The number of hydrogen-bond acceptors (Lipinski definition) is 5. The molecule has 1 amide bonds. The van der Waals surface area contributed by atoms with Gasteiger partial charge in [-0.15, -0.1) is 0 Å². The molecule has 1 fully saturated rings. The molecule has 2 aliphatic rings. The lowest BCUT2D eigenvalue weighted by atomic mass is 9.74. The summed E-state index contributed by atoms with van der Waals surface area (Å²) < 4.78 is 5.41. The topological polar surface area (TPSA) is 67.4 Å². The van der Waals surface area contributed by atoms with Gasteiger partial charge in [0, 0.05) is 31.3 Å². The Morgan fingerprint density at radius 3 is 2.80 bits per heavy atom. The smallest absolute Gasteiger partial charge is 0.225 e. The summed E-state index contributed by atoms with van der Waals surface area (Å²) in [5.41, 5.74) is 2.26. The Labute approximate surface area is 150 Å². The van der Waals surface area contributed by atoms with Gasteiger partial charge in [0.25, 0.3) is 0 Å². The third-order valence-corrected chi connectivity index (χ3v) is 4.89. The number of carbonyl (C=O) groups is 1. The predicted molar refractivity (Wildman–Crippen MR) is 97.5 cm³/mol. The minimum atomic E-state index is 0.00346. The van der Waals surface area contributed by atoms with Crippen molar-refractivity contribution in [3.8, 4) is 0 Å². The van der Waals surface area contributed by atoms with E-state index in [4.69, 9.17) is 9.72 Å². The molecule has 6 heteroatoms. The number of anilines is 1. The number of rotatable bonds is 4. The number of carbonyl (C=O) groups excluding carboxylic acids is 1. The maximum atomic E-state index is 12.3. The molecule has 25 heavy (non-hydrogen) atoms. The molecule has 0 radical (unpaired) electrons. The Kier molecular flexibility index (Phi) is 5.27. The summed E-state index contributed by atoms with van der Waals surface area (Å²) in [6.45, 7) is 11.7. The molecule has 1 atom stereocenters. The molecule has 1 aromatic rings. The third-order valence-electron chi connectivity index (χ3n) is 4.89. The summed E-state index contributed by atoms with van der Waals surface area (Å²) in [7, 11) is 0. The van der Waals surface area contributed by atoms with E-state index in [0.29, 0.717) is 12.3 Å². The van der Waals surface area contributed by atoms with Crippen molar-refractivity contribution in [1.29, 1.82) is 0 Å². The minimum absolute atomic E-state index is 0.00346. The van der Waals surface area contributed by atoms with Crippen molar-refractivity contribution in [2.24, 2.45) is 11.3 Å². The maximum absolute atomic E-state index is 12.3. The first-order valence-corrected chi connectivity index (χ1v) is 9.32. The van der Waals surface area contributed by atoms with Crippen molar-refractivity contribution in [3.05, 3.63) is 17.5 Å². The number of fused-ring (bicyclic) bond motifs is 1. The summed E-state index contributed by atoms with van der Waals surface area (Å²) in [6.07, 6.45) is 4.31. The zero-order valence-electron chi connectivity index (χ0n) is 15.8. The number of hydrogen-bond donors (Lipinski definition) is 1. The van der Waals surface area contributed by atoms with Gasteiger partial charge in [0.2, 0.25) is 11.9 Å². The fourth-order valence-corrected chi connectivity index (χ4v) is 3.71. The van der Waals surface area contributed by atoms with Crippen molar-refractivity contribution >= 4 is 11.9 Å². The molecule has 1 aromatic heterocycles. The molecule has 1 saturated heterocycles. The van der Waals surface area contributed by atoms with Crippen LogP contribution in [0.1, 0.15) is 57.8 Å². The molecule has 2 heterocycles. The number of amides is 1. The first-order valence-electron chi connectivity index (χ1n) is 9.32. The van der Waals surface area contributed by atoms with Gasteiger partial charge in [0.1, 0.15) is 0 Å². The molecule has 0 saturated carbocycles. The Hall–Kier alpha value is -1.69. The first kappa shape index (κ1) is 18.1. The molecule has 1 aliphatic carbocycles. The van der Waals surface area contributed by atoms with E-state index < -0.39 is 0 Å². The average molecular weight is 346 g/mol. The van der Waals surface area contributed by atoms with Gasteiger partial charge in [-0.2, -0.15) is 0 Å². The van der Waals surface area contributed by atoms with Crippen LogP contribution in [0.5, 0.6) is 0 Å². The highest BCUT2D eigenvalue weighted by atomic mass is 16.5. The van der Waals surface area contributed by atoms with Gasteiger partial charge in [-0.25, -0.2) is 9.97 Å². The van der Waals surface area contributed by atoms with Crippen LogP contribution in [-0.4, -0.2) is 42.2 Å². The summed E-state index contributed by atoms with van der Waals surface area (Å²) in [5.74, 6) is 1.25. The number of aromatic nitrogens is 2. The van der Waals surface area contributed by atoms with E-state index in [-0.39, 0.29) is 17.4 Å². The summed E-state index contributed by atoms with van der Waals surface area (Å²) in [6, 6.07) is 0.00346. The van der Waals surface area contributed by atoms with E-state index >= 15 is 0 Å². The van der Waals surface area contributed by atoms with Gasteiger partial charge in [-0.3, -0.25) is 4.79 Å². The van der Waals surface area contributed by atoms with Gasteiger partial charge in [0.05, 0.1) is 24.9 Å². The van der Waals surface area contributed by atoms with Crippen LogP contribution >= 0.6 is 0 Å². The summed E-state index contributed by atoms with van der Waals surface area (Å²) >= 11 is 0. The predicted octanol–water partition coefficient (Wildman–Crippen LogP) is 2.49. The van der Waals surface area contributed by atoms with E-state index in [1.54, 1.807) is 0 Å². The van der Waals surface area contributed by atoms with Crippen molar-refractivity contribution in [2.75, 3.05) is 31.2 Å². The third kappa shape index (κ3) is 4.48. The van der Waals surface area contributed by atoms with Crippen LogP contribution in [0.15, 0.2) is 6.20 Å². The highest BCUT2D eigenvalue weighted by Gasteiger charge is 2.35. The van der Waals surface area contributed by atoms with E-state index in [0.717, 1.165) is 56.4 Å². The normalized spacial score (nSPS) is 22.6. The van der Waals surface area contributed by atoms with Gasteiger partial charge in [-0.05, 0) is 24.2 Å². The zero-order chi connectivity index (χ0) is 18.0. The number of ether oxygens (including phenoxy) is 1. The molecule has 0 bridgehead atoms. The van der Waals surface area contributed by atoms with E-state index in [1.807, 2.05) is 6.20 Å². The summed E-state index contributed by atoms with van der Waals surface area (Å²) in [4.78, 5) is 23.9. The highest BCUT2D eigenvalue weighted by Crippen LogP contribution is 2.40. The van der Waals surface area contributed by atoms with Crippen LogP contribution in [0.4, 0.5) is 5.95 Å². The lowest BCUT2D eigenvalue weighted by Gasteiger charge is -2.37. The average Bonchev–Trinajstić information content (AvgIpc) is 2.53. The van der Waals surface area contributed by atoms with Crippen LogP contribution in [0.25, 0.3) is 0 Å². The van der Waals surface area contributed by atoms with Gasteiger partial charge in [-0.1, -0.05) is 27.7 Å². The standard InChI is InChI=1S/C19H30N4O2/c1-13(2)9-17(24)21-15-10-19(3,4)11-16-14(15)12-20-18(22-16)23-5-7-25-8-6-23/h12-13,15H,5-11H2,1-4H3,(H,21,24)/t15-/m1/s1. The Bertz CT molecular complexity index is 624. The van der Waals surface area contributed by atoms with Crippen molar-refractivity contribution in [1.82, 2.24) is 15.3 Å². The Morgan fingerprint density at radius 1 is 1.40 bits per heavy atom. The Morgan fingerprint density at radius 2 is 2.12 bits per heavy atom. The lowest BCUT2D eigenvalue weighted by Crippen LogP contribution is -2.40. The van der Waals surface area contributed by atoms with Crippen LogP contribution in [0.3, 0.4) is 0 Å². The monoisotopic (exact) mass is 346 g/mol. The first-order chi connectivity index (χ1) is 11.8. The largest absolute Gasteiger partial charge is 0.378 e. The molecule has 3 rings (SSSR count). The number of nitrogens with one attached hydrogen (secondary N) is 1. The lowest BCUT2D eigenvalue weighted by molar-refractivity contribution is -0.122. The fraction of sp³-hybridized carbons (Fsp3) is 0.737.